The monoisotopic (exact) mass is 375 g/mol. The summed E-state index contributed by atoms with van der Waals surface area (Å²) in [4.78, 5) is 17.6. The minimum atomic E-state index is -0.380. The number of nitrogens with one attached hydrogen (secondary N) is 2. The Bertz CT molecular complexity index is 607. The van der Waals surface area contributed by atoms with Gasteiger partial charge in [0, 0.05) is 37.8 Å². The van der Waals surface area contributed by atoms with Gasteiger partial charge in [-0.2, -0.15) is 0 Å². The van der Waals surface area contributed by atoms with Gasteiger partial charge < -0.3 is 15.5 Å². The van der Waals surface area contributed by atoms with E-state index in [9.17, 15) is 10.1 Å². The first-order valence-corrected chi connectivity index (χ1v) is 9.98. The van der Waals surface area contributed by atoms with Crippen LogP contribution in [0.1, 0.15) is 45.6 Å². The Morgan fingerprint density at radius 3 is 2.52 bits per heavy atom. The molecule has 0 saturated carbocycles. The quantitative estimate of drug-likeness (QED) is 0.316. The van der Waals surface area contributed by atoms with Crippen LogP contribution in [-0.2, 0) is 6.54 Å². The number of aliphatic imine (C=N–C) groups is 1. The molecule has 0 unspecified atom stereocenters. The lowest BCUT2D eigenvalue weighted by Gasteiger charge is -2.33. The minimum Gasteiger partial charge on any atom is -0.356 e. The van der Waals surface area contributed by atoms with Gasteiger partial charge in [0.1, 0.15) is 0 Å². The SMILES string of the molecule is CCCN1CCC(NC(=NCc2ccc([N+](=O)[O-])cc2)NCC(C)C)CC1. The van der Waals surface area contributed by atoms with Crippen molar-refractivity contribution in [2.75, 3.05) is 26.2 Å². The molecule has 7 nitrogen and oxygen atoms in total. The molecule has 1 aliphatic rings. The fourth-order valence-corrected chi connectivity index (χ4v) is 3.16. The smallest absolute Gasteiger partial charge is 0.269 e. The number of likely N-dealkylation sites (tertiary alicyclic amines) is 1. The highest BCUT2D eigenvalue weighted by Gasteiger charge is 2.19. The van der Waals surface area contributed by atoms with Crippen molar-refractivity contribution in [3.05, 3.63) is 39.9 Å². The van der Waals surface area contributed by atoms with E-state index in [4.69, 9.17) is 4.99 Å². The van der Waals surface area contributed by atoms with Gasteiger partial charge in [-0.05, 0) is 37.3 Å². The lowest BCUT2D eigenvalue weighted by molar-refractivity contribution is -0.384. The Balaban J connectivity index is 1.94. The van der Waals surface area contributed by atoms with Crippen molar-refractivity contribution < 1.29 is 4.92 Å². The summed E-state index contributed by atoms with van der Waals surface area (Å²) in [5, 5.41) is 17.8. The fourth-order valence-electron chi connectivity index (χ4n) is 3.16. The van der Waals surface area contributed by atoms with Crippen LogP contribution in [0.3, 0.4) is 0 Å². The molecule has 2 N–H and O–H groups in total. The second kappa shape index (κ2) is 10.9. The van der Waals surface area contributed by atoms with E-state index in [0.717, 1.165) is 44.0 Å². The van der Waals surface area contributed by atoms with Gasteiger partial charge in [-0.3, -0.25) is 10.1 Å². The highest BCUT2D eigenvalue weighted by molar-refractivity contribution is 5.80. The number of nitro groups is 1. The summed E-state index contributed by atoms with van der Waals surface area (Å²) < 4.78 is 0. The molecule has 1 saturated heterocycles. The Kier molecular flexibility index (Phi) is 8.51. The maximum absolute atomic E-state index is 10.8. The van der Waals surface area contributed by atoms with Crippen molar-refractivity contribution in [1.82, 2.24) is 15.5 Å². The van der Waals surface area contributed by atoms with E-state index in [1.54, 1.807) is 12.1 Å². The zero-order chi connectivity index (χ0) is 19.6. The molecule has 0 amide bonds. The Hall–Kier alpha value is -2.15. The molecule has 7 heteroatoms. The molecule has 1 aliphatic heterocycles. The van der Waals surface area contributed by atoms with Gasteiger partial charge in [0.2, 0.25) is 0 Å². The third kappa shape index (κ3) is 7.54. The first-order chi connectivity index (χ1) is 13.0. The number of nitrogens with zero attached hydrogens (tertiary/aromatic N) is 3. The first kappa shape index (κ1) is 21.2. The van der Waals surface area contributed by atoms with Gasteiger partial charge in [0.25, 0.3) is 5.69 Å². The van der Waals surface area contributed by atoms with Crippen molar-refractivity contribution in [3.8, 4) is 0 Å². The van der Waals surface area contributed by atoms with E-state index < -0.39 is 0 Å². The molecule has 0 spiro atoms. The second-order valence-corrected chi connectivity index (χ2v) is 7.62. The molecule has 1 aromatic carbocycles. The molecule has 1 aromatic rings. The molecule has 1 heterocycles. The van der Waals surface area contributed by atoms with Gasteiger partial charge >= 0.3 is 0 Å². The van der Waals surface area contributed by atoms with Gasteiger partial charge in [0.15, 0.2) is 5.96 Å². The summed E-state index contributed by atoms with van der Waals surface area (Å²) in [6, 6.07) is 7.04. The van der Waals surface area contributed by atoms with Crippen LogP contribution in [0.15, 0.2) is 29.3 Å². The van der Waals surface area contributed by atoms with Gasteiger partial charge in [-0.1, -0.05) is 32.9 Å². The van der Waals surface area contributed by atoms with E-state index in [1.165, 1.54) is 25.1 Å². The van der Waals surface area contributed by atoms with E-state index in [1.807, 2.05) is 0 Å². The number of hydrogen-bond acceptors (Lipinski definition) is 4. The fraction of sp³-hybridized carbons (Fsp3) is 0.650. The summed E-state index contributed by atoms with van der Waals surface area (Å²) >= 11 is 0. The lowest BCUT2D eigenvalue weighted by Crippen LogP contribution is -2.49. The van der Waals surface area contributed by atoms with Crippen molar-refractivity contribution >= 4 is 11.6 Å². The summed E-state index contributed by atoms with van der Waals surface area (Å²) in [6.07, 6.45) is 3.45. The van der Waals surface area contributed by atoms with Gasteiger partial charge in [-0.25, -0.2) is 4.99 Å². The van der Waals surface area contributed by atoms with Crippen LogP contribution in [0.25, 0.3) is 0 Å². The highest BCUT2D eigenvalue weighted by Crippen LogP contribution is 2.13. The highest BCUT2D eigenvalue weighted by atomic mass is 16.6. The number of nitro benzene ring substituents is 1. The van der Waals surface area contributed by atoms with Gasteiger partial charge in [-0.15, -0.1) is 0 Å². The summed E-state index contributed by atoms with van der Waals surface area (Å²) in [5.41, 5.74) is 1.07. The topological polar surface area (TPSA) is 82.8 Å². The molecule has 27 heavy (non-hydrogen) atoms. The maximum Gasteiger partial charge on any atom is 0.269 e. The largest absolute Gasteiger partial charge is 0.356 e. The summed E-state index contributed by atoms with van der Waals surface area (Å²) in [7, 11) is 0. The predicted molar refractivity (Wildman–Crippen MR) is 110 cm³/mol. The number of guanidine groups is 1. The molecular formula is C20H33N5O2. The Morgan fingerprint density at radius 2 is 1.96 bits per heavy atom. The molecule has 0 aromatic heterocycles. The predicted octanol–water partition coefficient (Wildman–Crippen LogP) is 3.16. The normalized spacial score (nSPS) is 16.5. The molecule has 0 radical (unpaired) electrons. The summed E-state index contributed by atoms with van der Waals surface area (Å²) in [6.45, 7) is 11.4. The number of benzene rings is 1. The lowest BCUT2D eigenvalue weighted by atomic mass is 10.1. The third-order valence-electron chi connectivity index (χ3n) is 4.71. The van der Waals surface area contributed by atoms with Crippen molar-refractivity contribution in [2.45, 2.75) is 52.6 Å². The molecule has 150 valence electrons. The number of hydrogen-bond donors (Lipinski definition) is 2. The minimum absolute atomic E-state index is 0.109. The number of rotatable bonds is 8. The number of non-ortho nitro benzene ring substituents is 1. The average molecular weight is 376 g/mol. The van der Waals surface area contributed by atoms with Crippen LogP contribution < -0.4 is 10.6 Å². The van der Waals surface area contributed by atoms with E-state index in [2.05, 4.69) is 36.3 Å². The van der Waals surface area contributed by atoms with Gasteiger partial charge in [0.05, 0.1) is 11.5 Å². The zero-order valence-corrected chi connectivity index (χ0v) is 16.8. The van der Waals surface area contributed by atoms with Crippen LogP contribution >= 0.6 is 0 Å². The third-order valence-corrected chi connectivity index (χ3v) is 4.71. The second-order valence-electron chi connectivity index (χ2n) is 7.62. The van der Waals surface area contributed by atoms with E-state index in [0.29, 0.717) is 18.5 Å². The summed E-state index contributed by atoms with van der Waals surface area (Å²) in [5.74, 6) is 1.36. The van der Waals surface area contributed by atoms with Crippen LogP contribution in [0.4, 0.5) is 5.69 Å². The van der Waals surface area contributed by atoms with Crippen LogP contribution in [-0.4, -0.2) is 48.0 Å². The standard InChI is InChI=1S/C20H33N5O2/c1-4-11-24-12-9-18(10-13-24)23-20(21-14-16(2)3)22-15-17-5-7-19(8-6-17)25(26)27/h5-8,16,18H,4,9-15H2,1-3H3,(H2,21,22,23). The molecule has 0 aliphatic carbocycles. The van der Waals surface area contributed by atoms with Crippen LogP contribution in [0.2, 0.25) is 0 Å². The van der Waals surface area contributed by atoms with Crippen molar-refractivity contribution in [3.63, 3.8) is 0 Å². The van der Waals surface area contributed by atoms with Crippen LogP contribution in [0, 0.1) is 16.0 Å². The van der Waals surface area contributed by atoms with E-state index in [-0.39, 0.29) is 10.6 Å². The molecular weight excluding hydrogens is 342 g/mol. The van der Waals surface area contributed by atoms with E-state index >= 15 is 0 Å². The van der Waals surface area contributed by atoms with Crippen molar-refractivity contribution in [2.24, 2.45) is 10.9 Å². The van der Waals surface area contributed by atoms with Crippen molar-refractivity contribution in [1.29, 1.82) is 0 Å². The molecule has 0 bridgehead atoms. The molecule has 1 fully saturated rings. The Morgan fingerprint density at radius 1 is 1.30 bits per heavy atom. The first-order valence-electron chi connectivity index (χ1n) is 9.98. The van der Waals surface area contributed by atoms with Crippen LogP contribution in [0.5, 0.6) is 0 Å². The Labute approximate surface area is 162 Å². The molecule has 2 rings (SSSR count). The zero-order valence-electron chi connectivity index (χ0n) is 16.8. The average Bonchev–Trinajstić information content (AvgIpc) is 2.66. The molecule has 0 atom stereocenters. The number of piperidine rings is 1. The maximum atomic E-state index is 10.8.